The SMILES string of the molecule is COc1ccc(-c2ccc(CC(NC(=O)c3cc4ccccc4cn3)C(=O)O)cc2)cc1. The van der Waals surface area contributed by atoms with Crippen molar-refractivity contribution < 1.29 is 19.4 Å². The Labute approximate surface area is 185 Å². The molecule has 0 aliphatic rings. The van der Waals surface area contributed by atoms with Gasteiger partial charge in [0.15, 0.2) is 0 Å². The van der Waals surface area contributed by atoms with E-state index in [0.29, 0.717) is 0 Å². The molecule has 1 heterocycles. The zero-order chi connectivity index (χ0) is 22.5. The van der Waals surface area contributed by atoms with Crippen LogP contribution in [0.15, 0.2) is 85.1 Å². The third-order valence-electron chi connectivity index (χ3n) is 5.28. The van der Waals surface area contributed by atoms with Gasteiger partial charge in [-0.3, -0.25) is 9.78 Å². The molecular weight excluding hydrogens is 404 g/mol. The van der Waals surface area contributed by atoms with Gasteiger partial charge in [-0.2, -0.15) is 0 Å². The van der Waals surface area contributed by atoms with Gasteiger partial charge < -0.3 is 15.2 Å². The highest BCUT2D eigenvalue weighted by atomic mass is 16.5. The fourth-order valence-electron chi connectivity index (χ4n) is 3.49. The van der Waals surface area contributed by atoms with E-state index in [1.165, 1.54) is 0 Å². The summed E-state index contributed by atoms with van der Waals surface area (Å²) in [7, 11) is 1.62. The number of carboxylic acids is 1. The first-order valence-electron chi connectivity index (χ1n) is 10.2. The highest BCUT2D eigenvalue weighted by molar-refractivity contribution is 5.98. The number of amides is 1. The number of rotatable bonds is 7. The lowest BCUT2D eigenvalue weighted by atomic mass is 10.0. The average molecular weight is 426 g/mol. The number of hydrogen-bond donors (Lipinski definition) is 2. The molecule has 160 valence electrons. The van der Waals surface area contributed by atoms with E-state index in [1.807, 2.05) is 72.8 Å². The third kappa shape index (κ3) is 4.75. The standard InChI is InChI=1S/C26H22N2O4/c1-32-22-12-10-19(11-13-22)18-8-6-17(7-9-18)14-24(26(30)31)28-25(29)23-15-20-4-2-3-5-21(20)16-27-23/h2-13,15-16,24H,14H2,1H3,(H,28,29)(H,30,31). The minimum atomic E-state index is -1.10. The number of carbonyl (C=O) groups excluding carboxylic acids is 1. The van der Waals surface area contributed by atoms with Gasteiger partial charge in [-0.05, 0) is 40.3 Å². The van der Waals surface area contributed by atoms with E-state index >= 15 is 0 Å². The quantitative estimate of drug-likeness (QED) is 0.459. The van der Waals surface area contributed by atoms with Crippen LogP contribution in [0.2, 0.25) is 0 Å². The highest BCUT2D eigenvalue weighted by Crippen LogP contribution is 2.23. The first-order valence-corrected chi connectivity index (χ1v) is 10.2. The van der Waals surface area contributed by atoms with Crippen molar-refractivity contribution in [1.29, 1.82) is 0 Å². The molecule has 1 unspecified atom stereocenters. The van der Waals surface area contributed by atoms with Crippen molar-refractivity contribution in [2.24, 2.45) is 0 Å². The fourth-order valence-corrected chi connectivity index (χ4v) is 3.49. The monoisotopic (exact) mass is 426 g/mol. The van der Waals surface area contributed by atoms with Crippen LogP contribution in [0.1, 0.15) is 16.1 Å². The molecule has 0 fully saturated rings. The number of carboxylic acid groups (broad SMARTS) is 1. The van der Waals surface area contributed by atoms with E-state index in [-0.39, 0.29) is 12.1 Å². The van der Waals surface area contributed by atoms with Crippen LogP contribution in [0.3, 0.4) is 0 Å². The molecule has 0 aliphatic heterocycles. The van der Waals surface area contributed by atoms with Gasteiger partial charge in [0, 0.05) is 18.0 Å². The molecule has 4 aromatic rings. The smallest absolute Gasteiger partial charge is 0.326 e. The van der Waals surface area contributed by atoms with Gasteiger partial charge in [0.1, 0.15) is 17.5 Å². The van der Waals surface area contributed by atoms with Gasteiger partial charge >= 0.3 is 5.97 Å². The Hall–Kier alpha value is -4.19. The maximum atomic E-state index is 12.6. The zero-order valence-corrected chi connectivity index (χ0v) is 17.5. The fraction of sp³-hybridized carbons (Fsp3) is 0.115. The Morgan fingerprint density at radius 2 is 1.56 bits per heavy atom. The third-order valence-corrected chi connectivity index (χ3v) is 5.28. The molecule has 2 N–H and O–H groups in total. The lowest BCUT2D eigenvalue weighted by Gasteiger charge is -2.15. The van der Waals surface area contributed by atoms with E-state index in [4.69, 9.17) is 4.74 Å². The van der Waals surface area contributed by atoms with Gasteiger partial charge in [0.2, 0.25) is 0 Å². The van der Waals surface area contributed by atoms with E-state index in [1.54, 1.807) is 19.4 Å². The molecule has 1 atom stereocenters. The van der Waals surface area contributed by atoms with Crippen LogP contribution in [-0.2, 0) is 11.2 Å². The molecule has 4 rings (SSSR count). The molecule has 6 heteroatoms. The second kappa shape index (κ2) is 9.31. The van der Waals surface area contributed by atoms with Crippen LogP contribution in [0, 0.1) is 0 Å². The first kappa shape index (κ1) is 21.1. The van der Waals surface area contributed by atoms with Gasteiger partial charge in [0.05, 0.1) is 7.11 Å². The molecule has 3 aromatic carbocycles. The van der Waals surface area contributed by atoms with Gasteiger partial charge in [-0.25, -0.2) is 4.79 Å². The number of aromatic nitrogens is 1. The second-order valence-electron chi connectivity index (χ2n) is 7.41. The summed E-state index contributed by atoms with van der Waals surface area (Å²) in [6.45, 7) is 0. The molecule has 0 saturated carbocycles. The van der Waals surface area contributed by atoms with Crippen LogP contribution in [0.25, 0.3) is 21.9 Å². The van der Waals surface area contributed by atoms with Crippen LogP contribution in [-0.4, -0.2) is 35.1 Å². The largest absolute Gasteiger partial charge is 0.497 e. The molecule has 0 spiro atoms. The number of benzene rings is 3. The minimum Gasteiger partial charge on any atom is -0.497 e. The maximum Gasteiger partial charge on any atom is 0.326 e. The lowest BCUT2D eigenvalue weighted by molar-refractivity contribution is -0.139. The molecule has 0 radical (unpaired) electrons. The Morgan fingerprint density at radius 3 is 2.19 bits per heavy atom. The topological polar surface area (TPSA) is 88.5 Å². The predicted molar refractivity (Wildman–Crippen MR) is 123 cm³/mol. The van der Waals surface area contributed by atoms with Crippen molar-refractivity contribution in [2.75, 3.05) is 7.11 Å². The van der Waals surface area contributed by atoms with Crippen LogP contribution >= 0.6 is 0 Å². The van der Waals surface area contributed by atoms with Crippen LogP contribution < -0.4 is 10.1 Å². The van der Waals surface area contributed by atoms with E-state index in [0.717, 1.165) is 33.2 Å². The van der Waals surface area contributed by atoms with Crippen molar-refractivity contribution in [3.05, 3.63) is 96.3 Å². The maximum absolute atomic E-state index is 12.6. The number of hydrogen-bond acceptors (Lipinski definition) is 4. The van der Waals surface area contributed by atoms with Gasteiger partial charge in [-0.15, -0.1) is 0 Å². The molecule has 32 heavy (non-hydrogen) atoms. The summed E-state index contributed by atoms with van der Waals surface area (Å²) in [6.07, 6.45) is 1.77. The normalized spacial score (nSPS) is 11.7. The zero-order valence-electron chi connectivity index (χ0n) is 17.5. The number of methoxy groups -OCH3 is 1. The molecule has 0 saturated heterocycles. The molecule has 1 amide bonds. The summed E-state index contributed by atoms with van der Waals surface area (Å²) in [5, 5.41) is 14.0. The van der Waals surface area contributed by atoms with Gasteiger partial charge in [0.25, 0.3) is 5.91 Å². The van der Waals surface area contributed by atoms with Crippen molar-refractivity contribution in [3.63, 3.8) is 0 Å². The van der Waals surface area contributed by atoms with E-state index in [2.05, 4.69) is 10.3 Å². The first-order chi connectivity index (χ1) is 15.5. The number of ether oxygens (including phenoxy) is 1. The number of nitrogens with zero attached hydrogens (tertiary/aromatic N) is 1. The minimum absolute atomic E-state index is 0.164. The van der Waals surface area contributed by atoms with E-state index < -0.39 is 17.9 Å². The highest BCUT2D eigenvalue weighted by Gasteiger charge is 2.22. The van der Waals surface area contributed by atoms with Gasteiger partial charge in [-0.1, -0.05) is 60.7 Å². The van der Waals surface area contributed by atoms with Crippen LogP contribution in [0.5, 0.6) is 5.75 Å². The Bertz CT molecular complexity index is 1250. The molecule has 6 nitrogen and oxygen atoms in total. The summed E-state index contributed by atoms with van der Waals surface area (Å²) in [5.74, 6) is -0.831. The second-order valence-corrected chi connectivity index (χ2v) is 7.41. The number of fused-ring (bicyclic) bond motifs is 1. The molecular formula is C26H22N2O4. The Balaban J connectivity index is 1.46. The summed E-state index contributed by atoms with van der Waals surface area (Å²) in [6, 6.07) is 23.5. The van der Waals surface area contributed by atoms with Crippen molar-refractivity contribution in [3.8, 4) is 16.9 Å². The summed E-state index contributed by atoms with van der Waals surface area (Å²) in [4.78, 5) is 28.6. The Kier molecular flexibility index (Phi) is 6.12. The number of nitrogens with one attached hydrogen (secondary N) is 1. The summed E-state index contributed by atoms with van der Waals surface area (Å²) < 4.78 is 5.18. The van der Waals surface area contributed by atoms with Crippen molar-refractivity contribution in [2.45, 2.75) is 12.5 Å². The van der Waals surface area contributed by atoms with E-state index in [9.17, 15) is 14.7 Å². The lowest BCUT2D eigenvalue weighted by Crippen LogP contribution is -2.42. The molecule has 0 bridgehead atoms. The predicted octanol–water partition coefficient (Wildman–Crippen LogP) is 4.34. The van der Waals surface area contributed by atoms with Crippen molar-refractivity contribution >= 4 is 22.6 Å². The molecule has 1 aromatic heterocycles. The number of pyridine rings is 1. The average Bonchev–Trinajstić information content (AvgIpc) is 2.83. The number of carbonyl (C=O) groups is 2. The molecule has 0 aliphatic carbocycles. The summed E-state index contributed by atoms with van der Waals surface area (Å²) >= 11 is 0. The number of aliphatic carboxylic acids is 1. The van der Waals surface area contributed by atoms with Crippen LogP contribution in [0.4, 0.5) is 0 Å². The van der Waals surface area contributed by atoms with Crippen molar-refractivity contribution in [1.82, 2.24) is 10.3 Å². The Morgan fingerprint density at radius 1 is 0.938 bits per heavy atom. The summed E-state index contributed by atoms with van der Waals surface area (Å²) in [5.41, 5.74) is 3.03.